The Morgan fingerprint density at radius 3 is 2.50 bits per heavy atom. The van der Waals surface area contributed by atoms with E-state index in [1.165, 1.54) is 12.7 Å². The van der Waals surface area contributed by atoms with Crippen molar-refractivity contribution in [1.82, 2.24) is 15.1 Å². The smallest absolute Gasteiger partial charge is 0.337 e. The molecule has 5 heteroatoms. The van der Waals surface area contributed by atoms with Crippen LogP contribution in [0, 0.1) is 6.92 Å². The van der Waals surface area contributed by atoms with Crippen molar-refractivity contribution in [3.8, 4) is 5.69 Å². The predicted octanol–water partition coefficient (Wildman–Crippen LogP) is 3.82. The molecule has 1 N–H and O–H groups in total. The Balaban J connectivity index is 1.66. The number of ether oxygens (including phenoxy) is 1. The summed E-state index contributed by atoms with van der Waals surface area (Å²) in [6.07, 6.45) is 1.92. The minimum Gasteiger partial charge on any atom is -0.465 e. The Bertz CT molecular complexity index is 870. The number of esters is 1. The van der Waals surface area contributed by atoms with Gasteiger partial charge in [0, 0.05) is 23.8 Å². The molecule has 0 saturated carbocycles. The number of carbonyl (C=O) groups excluding carboxylic acids is 1. The lowest BCUT2D eigenvalue weighted by atomic mass is 10.1. The van der Waals surface area contributed by atoms with E-state index in [4.69, 9.17) is 4.74 Å². The van der Waals surface area contributed by atoms with Gasteiger partial charge in [0.05, 0.1) is 24.6 Å². The highest BCUT2D eigenvalue weighted by atomic mass is 16.5. The average molecular weight is 349 g/mol. The summed E-state index contributed by atoms with van der Waals surface area (Å²) in [5, 5.41) is 8.04. The summed E-state index contributed by atoms with van der Waals surface area (Å²) in [5.74, 6) is -0.318. The first-order chi connectivity index (χ1) is 12.6. The first-order valence-corrected chi connectivity index (χ1v) is 8.60. The van der Waals surface area contributed by atoms with Crippen molar-refractivity contribution < 1.29 is 9.53 Å². The number of hydrogen-bond donors (Lipinski definition) is 1. The van der Waals surface area contributed by atoms with Crippen LogP contribution in [0.5, 0.6) is 0 Å². The summed E-state index contributed by atoms with van der Waals surface area (Å²) in [7, 11) is 1.39. The van der Waals surface area contributed by atoms with E-state index in [9.17, 15) is 4.79 Å². The zero-order valence-electron chi connectivity index (χ0n) is 15.3. The largest absolute Gasteiger partial charge is 0.465 e. The molecular weight excluding hydrogens is 326 g/mol. The Hall–Kier alpha value is -2.92. The molecule has 0 spiro atoms. The lowest BCUT2D eigenvalue weighted by Crippen LogP contribution is -2.18. The van der Waals surface area contributed by atoms with Gasteiger partial charge in [0.15, 0.2) is 0 Å². The summed E-state index contributed by atoms with van der Waals surface area (Å²) in [5.41, 5.74) is 5.01. The van der Waals surface area contributed by atoms with E-state index in [1.54, 1.807) is 12.1 Å². The first kappa shape index (κ1) is 17.9. The molecule has 0 saturated heterocycles. The number of methoxy groups -OCH3 is 1. The number of carbonyl (C=O) groups is 1. The summed E-state index contributed by atoms with van der Waals surface area (Å²) in [4.78, 5) is 11.5. The fourth-order valence-electron chi connectivity index (χ4n) is 2.93. The number of para-hydroxylation sites is 1. The number of rotatable bonds is 6. The molecule has 134 valence electrons. The van der Waals surface area contributed by atoms with Crippen LogP contribution in [-0.2, 0) is 11.3 Å². The van der Waals surface area contributed by atoms with Crippen LogP contribution < -0.4 is 5.32 Å². The topological polar surface area (TPSA) is 56.1 Å². The molecule has 1 heterocycles. The van der Waals surface area contributed by atoms with Crippen molar-refractivity contribution >= 4 is 5.97 Å². The van der Waals surface area contributed by atoms with Gasteiger partial charge in [0.1, 0.15) is 0 Å². The molecule has 0 bridgehead atoms. The Labute approximate surface area is 153 Å². The highest BCUT2D eigenvalue weighted by Gasteiger charge is 2.14. The quantitative estimate of drug-likeness (QED) is 0.688. The van der Waals surface area contributed by atoms with E-state index >= 15 is 0 Å². The second-order valence-corrected chi connectivity index (χ2v) is 6.22. The van der Waals surface area contributed by atoms with Gasteiger partial charge in [-0.15, -0.1) is 0 Å². The van der Waals surface area contributed by atoms with E-state index in [-0.39, 0.29) is 12.0 Å². The molecule has 0 radical (unpaired) electrons. The summed E-state index contributed by atoms with van der Waals surface area (Å²) < 4.78 is 6.68. The van der Waals surface area contributed by atoms with E-state index in [0.717, 1.165) is 16.9 Å². The molecular formula is C21H23N3O2. The summed E-state index contributed by atoms with van der Waals surface area (Å²) in [6, 6.07) is 17.7. The van der Waals surface area contributed by atoms with Crippen LogP contribution in [0.15, 0.2) is 60.8 Å². The van der Waals surface area contributed by atoms with Gasteiger partial charge in [-0.1, -0.05) is 30.3 Å². The van der Waals surface area contributed by atoms with Crippen LogP contribution in [0.4, 0.5) is 0 Å². The van der Waals surface area contributed by atoms with Crippen molar-refractivity contribution in [2.24, 2.45) is 0 Å². The maximum atomic E-state index is 11.5. The number of benzene rings is 2. The molecule has 3 aromatic rings. The molecule has 26 heavy (non-hydrogen) atoms. The lowest BCUT2D eigenvalue weighted by Gasteiger charge is -2.14. The minimum atomic E-state index is -0.318. The van der Waals surface area contributed by atoms with Crippen LogP contribution in [0.2, 0.25) is 0 Å². The van der Waals surface area contributed by atoms with Crippen LogP contribution in [0.3, 0.4) is 0 Å². The van der Waals surface area contributed by atoms with Crippen molar-refractivity contribution in [3.05, 3.63) is 83.2 Å². The van der Waals surface area contributed by atoms with Gasteiger partial charge in [-0.25, -0.2) is 9.48 Å². The molecule has 5 nitrogen and oxygen atoms in total. The van der Waals surface area contributed by atoms with Crippen LogP contribution in [0.25, 0.3) is 5.69 Å². The number of nitrogens with zero attached hydrogens (tertiary/aromatic N) is 2. The Morgan fingerprint density at radius 1 is 1.15 bits per heavy atom. The first-order valence-electron chi connectivity index (χ1n) is 8.60. The molecule has 1 atom stereocenters. The fraction of sp³-hybridized carbons (Fsp3) is 0.238. The monoisotopic (exact) mass is 349 g/mol. The fourth-order valence-corrected chi connectivity index (χ4v) is 2.93. The lowest BCUT2D eigenvalue weighted by molar-refractivity contribution is 0.0600. The normalized spacial score (nSPS) is 12.0. The SMILES string of the molecule is COC(=O)c1ccc(CNC(C)c2cnn(-c3ccccc3)c2C)cc1. The van der Waals surface area contributed by atoms with Crippen molar-refractivity contribution in [2.45, 2.75) is 26.4 Å². The van der Waals surface area contributed by atoms with Gasteiger partial charge in [-0.3, -0.25) is 0 Å². The van der Waals surface area contributed by atoms with Crippen LogP contribution in [0.1, 0.15) is 40.1 Å². The molecule has 1 aromatic heterocycles. The third-order valence-electron chi connectivity index (χ3n) is 4.50. The zero-order chi connectivity index (χ0) is 18.5. The van der Waals surface area contributed by atoms with Gasteiger partial charge in [-0.2, -0.15) is 5.10 Å². The van der Waals surface area contributed by atoms with E-state index in [0.29, 0.717) is 12.1 Å². The average Bonchev–Trinajstić information content (AvgIpc) is 3.08. The van der Waals surface area contributed by atoms with Crippen LogP contribution in [-0.4, -0.2) is 22.9 Å². The van der Waals surface area contributed by atoms with E-state index < -0.39 is 0 Å². The Morgan fingerprint density at radius 2 is 1.85 bits per heavy atom. The zero-order valence-corrected chi connectivity index (χ0v) is 15.3. The second-order valence-electron chi connectivity index (χ2n) is 6.22. The molecule has 1 unspecified atom stereocenters. The summed E-state index contributed by atoms with van der Waals surface area (Å²) >= 11 is 0. The molecule has 0 amide bonds. The minimum absolute atomic E-state index is 0.160. The predicted molar refractivity (Wildman–Crippen MR) is 101 cm³/mol. The molecule has 0 fully saturated rings. The van der Waals surface area contributed by atoms with Gasteiger partial charge in [-0.05, 0) is 43.7 Å². The third kappa shape index (κ3) is 3.83. The van der Waals surface area contributed by atoms with Gasteiger partial charge in [0.25, 0.3) is 0 Å². The number of hydrogen-bond acceptors (Lipinski definition) is 4. The van der Waals surface area contributed by atoms with Crippen molar-refractivity contribution in [3.63, 3.8) is 0 Å². The maximum absolute atomic E-state index is 11.5. The van der Waals surface area contributed by atoms with Crippen LogP contribution >= 0.6 is 0 Å². The van der Waals surface area contributed by atoms with Gasteiger partial charge < -0.3 is 10.1 Å². The molecule has 2 aromatic carbocycles. The molecule has 0 aliphatic rings. The highest BCUT2D eigenvalue weighted by molar-refractivity contribution is 5.89. The van der Waals surface area contributed by atoms with Crippen molar-refractivity contribution in [1.29, 1.82) is 0 Å². The summed E-state index contributed by atoms with van der Waals surface area (Å²) in [6.45, 7) is 4.92. The molecule has 3 rings (SSSR count). The Kier molecular flexibility index (Phi) is 5.49. The van der Waals surface area contributed by atoms with Gasteiger partial charge in [0.2, 0.25) is 0 Å². The standard InChI is InChI=1S/C21H23N3O2/c1-15(22-13-17-9-11-18(12-10-17)21(25)26-3)20-14-23-24(16(20)2)19-7-5-4-6-8-19/h4-12,14-15,22H,13H2,1-3H3. The third-order valence-corrected chi connectivity index (χ3v) is 4.50. The van der Waals surface area contributed by atoms with Gasteiger partial charge >= 0.3 is 5.97 Å². The number of aromatic nitrogens is 2. The second kappa shape index (κ2) is 7.97. The van der Waals surface area contributed by atoms with E-state index in [2.05, 4.69) is 24.3 Å². The maximum Gasteiger partial charge on any atom is 0.337 e. The molecule has 0 aliphatic carbocycles. The number of nitrogens with one attached hydrogen (secondary N) is 1. The van der Waals surface area contributed by atoms with Crippen molar-refractivity contribution in [2.75, 3.05) is 7.11 Å². The molecule has 0 aliphatic heterocycles. The highest BCUT2D eigenvalue weighted by Crippen LogP contribution is 2.20. The van der Waals surface area contributed by atoms with E-state index in [1.807, 2.05) is 53.3 Å².